The van der Waals surface area contributed by atoms with Crippen LogP contribution in [0, 0.1) is 6.07 Å². The number of piperidine rings is 1. The van der Waals surface area contributed by atoms with Crippen LogP contribution < -0.4 is 10.6 Å². The van der Waals surface area contributed by atoms with Crippen LogP contribution in [0.25, 0.3) is 0 Å². The molecule has 1 aromatic heterocycles. The molecule has 2 heterocycles. The predicted molar refractivity (Wildman–Crippen MR) is 63.4 cm³/mol. The van der Waals surface area contributed by atoms with E-state index < -0.39 is 6.04 Å². The van der Waals surface area contributed by atoms with E-state index in [4.69, 9.17) is 10.5 Å². The van der Waals surface area contributed by atoms with E-state index in [0.29, 0.717) is 0 Å². The van der Waals surface area contributed by atoms with Gasteiger partial charge in [0.2, 0.25) is 5.91 Å². The number of anilines is 1. The number of carbonyl (C=O) groups excluding carboxylic acids is 1. The maximum absolute atomic E-state index is 11.6. The van der Waals surface area contributed by atoms with Gasteiger partial charge in [-0.1, -0.05) is 0 Å². The number of aromatic nitrogens is 1. The molecule has 91 valence electrons. The Morgan fingerprint density at radius 1 is 1.71 bits per heavy atom. The third-order valence-corrected chi connectivity index (χ3v) is 3.06. The summed E-state index contributed by atoms with van der Waals surface area (Å²) in [7, 11) is 1.61. The molecule has 2 N–H and O–H groups in total. The molecule has 2 atom stereocenters. The number of methoxy groups -OCH3 is 1. The van der Waals surface area contributed by atoms with Crippen molar-refractivity contribution in [3.05, 3.63) is 24.4 Å². The molecule has 2 unspecified atom stereocenters. The summed E-state index contributed by atoms with van der Waals surface area (Å²) in [6, 6.07) is 6.02. The lowest BCUT2D eigenvalue weighted by Gasteiger charge is -2.39. The highest BCUT2D eigenvalue weighted by molar-refractivity contribution is 5.84. The molecule has 0 spiro atoms. The van der Waals surface area contributed by atoms with Crippen molar-refractivity contribution in [1.82, 2.24) is 4.98 Å². The number of amides is 1. The Morgan fingerprint density at radius 2 is 2.53 bits per heavy atom. The lowest BCUT2D eigenvalue weighted by molar-refractivity contribution is -0.123. The maximum atomic E-state index is 11.6. The van der Waals surface area contributed by atoms with Gasteiger partial charge in [0.05, 0.1) is 6.10 Å². The first-order valence-corrected chi connectivity index (χ1v) is 5.65. The van der Waals surface area contributed by atoms with Crippen molar-refractivity contribution < 1.29 is 9.53 Å². The van der Waals surface area contributed by atoms with Crippen molar-refractivity contribution in [2.45, 2.75) is 25.0 Å². The average molecular weight is 234 g/mol. The molecule has 0 saturated carbocycles. The van der Waals surface area contributed by atoms with Crippen molar-refractivity contribution >= 4 is 11.7 Å². The van der Waals surface area contributed by atoms with Crippen LogP contribution in [0.15, 0.2) is 18.3 Å². The van der Waals surface area contributed by atoms with Gasteiger partial charge in [-0.05, 0) is 25.0 Å². The molecule has 1 amide bonds. The number of nitrogens with zero attached hydrogens (tertiary/aromatic N) is 2. The van der Waals surface area contributed by atoms with Crippen LogP contribution in [0.4, 0.5) is 5.82 Å². The van der Waals surface area contributed by atoms with Gasteiger partial charge in [0.1, 0.15) is 11.9 Å². The molecule has 1 fully saturated rings. The van der Waals surface area contributed by atoms with Crippen molar-refractivity contribution in [3.63, 3.8) is 0 Å². The highest BCUT2D eigenvalue weighted by atomic mass is 16.5. The Morgan fingerprint density at radius 3 is 3.12 bits per heavy atom. The van der Waals surface area contributed by atoms with Crippen molar-refractivity contribution in [1.29, 1.82) is 0 Å². The highest BCUT2D eigenvalue weighted by Crippen LogP contribution is 2.24. The molecule has 1 radical (unpaired) electrons. The zero-order valence-electron chi connectivity index (χ0n) is 9.80. The third kappa shape index (κ3) is 2.39. The molecule has 1 saturated heterocycles. The molecule has 2 rings (SSSR count). The Hall–Kier alpha value is -1.62. The van der Waals surface area contributed by atoms with Crippen molar-refractivity contribution in [2.24, 2.45) is 5.73 Å². The summed E-state index contributed by atoms with van der Waals surface area (Å²) in [5, 5.41) is 0. The molecule has 0 aromatic carbocycles. The number of hydrogen-bond donors (Lipinski definition) is 1. The second kappa shape index (κ2) is 5.14. The number of nitrogens with two attached hydrogens (primary N) is 1. The van der Waals surface area contributed by atoms with E-state index in [0.717, 1.165) is 25.2 Å². The minimum absolute atomic E-state index is 0.160. The number of hydrogen-bond acceptors (Lipinski definition) is 4. The lowest BCUT2D eigenvalue weighted by Crippen LogP contribution is -2.56. The van der Waals surface area contributed by atoms with E-state index in [1.165, 1.54) is 0 Å². The molecule has 5 heteroatoms. The van der Waals surface area contributed by atoms with Gasteiger partial charge in [-0.15, -0.1) is 0 Å². The van der Waals surface area contributed by atoms with Crippen molar-refractivity contribution in [2.75, 3.05) is 18.6 Å². The third-order valence-electron chi connectivity index (χ3n) is 3.06. The first-order valence-electron chi connectivity index (χ1n) is 5.65. The zero-order chi connectivity index (χ0) is 12.3. The molecule has 0 aliphatic carbocycles. The number of ether oxygens (including phenoxy) is 1. The van der Waals surface area contributed by atoms with Gasteiger partial charge in [0.15, 0.2) is 0 Å². The Kier molecular flexibility index (Phi) is 3.58. The highest BCUT2D eigenvalue weighted by Gasteiger charge is 2.36. The van der Waals surface area contributed by atoms with Crippen LogP contribution in [0.3, 0.4) is 0 Å². The number of carbonyl (C=O) groups is 1. The summed E-state index contributed by atoms with van der Waals surface area (Å²) in [5.74, 6) is 0.375. The molecular weight excluding hydrogens is 218 g/mol. The quantitative estimate of drug-likeness (QED) is 0.819. The van der Waals surface area contributed by atoms with Gasteiger partial charge >= 0.3 is 0 Å². The minimum Gasteiger partial charge on any atom is -0.379 e. The van der Waals surface area contributed by atoms with Gasteiger partial charge in [0, 0.05) is 25.9 Å². The monoisotopic (exact) mass is 234 g/mol. The zero-order valence-corrected chi connectivity index (χ0v) is 9.80. The van der Waals surface area contributed by atoms with Gasteiger partial charge in [0.25, 0.3) is 0 Å². The smallest absolute Gasteiger partial charge is 0.242 e. The summed E-state index contributed by atoms with van der Waals surface area (Å²) >= 11 is 0. The SMILES string of the molecule is COC1CCCN(c2cc[c]cn2)C1C(N)=O. The number of pyridine rings is 1. The van der Waals surface area contributed by atoms with E-state index in [9.17, 15) is 4.79 Å². The van der Waals surface area contributed by atoms with E-state index in [1.807, 2.05) is 11.0 Å². The fourth-order valence-electron chi connectivity index (χ4n) is 2.28. The van der Waals surface area contributed by atoms with Gasteiger partial charge in [-0.2, -0.15) is 0 Å². The van der Waals surface area contributed by atoms with Crippen LogP contribution in [0.2, 0.25) is 0 Å². The summed E-state index contributed by atoms with van der Waals surface area (Å²) in [6.07, 6.45) is 3.23. The standard InChI is InChI=1S/C12H16N3O2/c1-17-9-5-4-8-15(11(9)12(13)16)10-6-2-3-7-14-10/h2,6-7,9,11H,4-5,8H2,1H3,(H2,13,16). The molecule has 17 heavy (non-hydrogen) atoms. The topological polar surface area (TPSA) is 68.4 Å². The van der Waals surface area contributed by atoms with Crippen LogP contribution in [0.5, 0.6) is 0 Å². The van der Waals surface area contributed by atoms with Crippen LogP contribution in [-0.4, -0.2) is 36.7 Å². The number of rotatable bonds is 3. The lowest BCUT2D eigenvalue weighted by atomic mass is 9.98. The summed E-state index contributed by atoms with van der Waals surface area (Å²) in [5.41, 5.74) is 5.46. The van der Waals surface area contributed by atoms with E-state index in [1.54, 1.807) is 19.4 Å². The first-order chi connectivity index (χ1) is 8.24. The van der Waals surface area contributed by atoms with Crippen LogP contribution in [-0.2, 0) is 9.53 Å². The molecule has 1 aliphatic heterocycles. The Labute approximate surface area is 101 Å². The molecular formula is C12H16N3O2. The summed E-state index contributed by atoms with van der Waals surface area (Å²) < 4.78 is 5.34. The first kappa shape index (κ1) is 11.9. The largest absolute Gasteiger partial charge is 0.379 e. The van der Waals surface area contributed by atoms with Crippen LogP contribution >= 0.6 is 0 Å². The van der Waals surface area contributed by atoms with E-state index >= 15 is 0 Å². The van der Waals surface area contributed by atoms with Gasteiger partial charge in [-0.3, -0.25) is 4.79 Å². The summed E-state index contributed by atoms with van der Waals surface area (Å²) in [6.45, 7) is 0.768. The molecule has 5 nitrogen and oxygen atoms in total. The van der Waals surface area contributed by atoms with E-state index in [-0.39, 0.29) is 12.0 Å². The second-order valence-electron chi connectivity index (χ2n) is 4.07. The molecule has 1 aromatic rings. The predicted octanol–water partition coefficient (Wildman–Crippen LogP) is 0.351. The molecule has 1 aliphatic rings. The fraction of sp³-hybridized carbons (Fsp3) is 0.500. The van der Waals surface area contributed by atoms with Crippen LogP contribution in [0.1, 0.15) is 12.8 Å². The minimum atomic E-state index is -0.441. The van der Waals surface area contributed by atoms with Gasteiger partial charge < -0.3 is 15.4 Å². The molecule has 0 bridgehead atoms. The second-order valence-corrected chi connectivity index (χ2v) is 4.07. The summed E-state index contributed by atoms with van der Waals surface area (Å²) in [4.78, 5) is 17.7. The van der Waals surface area contributed by atoms with Gasteiger partial charge in [-0.25, -0.2) is 4.98 Å². The Bertz CT molecular complexity index is 383. The number of primary amides is 1. The fourth-order valence-corrected chi connectivity index (χ4v) is 2.28. The average Bonchev–Trinajstić information content (AvgIpc) is 2.38. The maximum Gasteiger partial charge on any atom is 0.242 e. The normalized spacial score (nSPS) is 24.6. The van der Waals surface area contributed by atoms with Crippen molar-refractivity contribution in [3.8, 4) is 0 Å². The van der Waals surface area contributed by atoms with E-state index in [2.05, 4.69) is 11.1 Å². The Balaban J connectivity index is 2.28.